The molecular weight excluding hydrogens is 263 g/mol. The average Bonchev–Trinajstić information content (AvgIpc) is 2.41. The highest BCUT2D eigenvalue weighted by Crippen LogP contribution is 2.27. The van der Waals surface area contributed by atoms with Gasteiger partial charge in [0.25, 0.3) is 0 Å². The van der Waals surface area contributed by atoms with Crippen molar-refractivity contribution < 1.29 is 13.2 Å². The van der Waals surface area contributed by atoms with Gasteiger partial charge in [0.1, 0.15) is 17.5 Å². The molecule has 4 heteroatoms. The van der Waals surface area contributed by atoms with Crippen molar-refractivity contribution in [2.24, 2.45) is 0 Å². The molecule has 0 amide bonds. The van der Waals surface area contributed by atoms with Crippen molar-refractivity contribution in [1.82, 2.24) is 5.32 Å². The molecule has 2 aromatic carbocycles. The van der Waals surface area contributed by atoms with E-state index in [-0.39, 0.29) is 5.56 Å². The standard InChI is InChI=1S/C16H16F3N/c1-3-20-9-12-5-4-11(7-15(12)18)13-6-10(2)14(17)8-16(13)19/h4-8,20H,3,9H2,1-2H3. The highest BCUT2D eigenvalue weighted by atomic mass is 19.1. The van der Waals surface area contributed by atoms with Crippen molar-refractivity contribution >= 4 is 0 Å². The van der Waals surface area contributed by atoms with Gasteiger partial charge < -0.3 is 5.32 Å². The molecular formula is C16H16F3N. The first-order valence-corrected chi connectivity index (χ1v) is 6.48. The van der Waals surface area contributed by atoms with Crippen LogP contribution >= 0.6 is 0 Å². The summed E-state index contributed by atoms with van der Waals surface area (Å²) < 4.78 is 40.9. The van der Waals surface area contributed by atoms with Gasteiger partial charge in [-0.15, -0.1) is 0 Å². The number of benzene rings is 2. The van der Waals surface area contributed by atoms with E-state index in [1.165, 1.54) is 12.1 Å². The molecule has 0 unspecified atom stereocenters. The third-order valence-corrected chi connectivity index (χ3v) is 3.18. The lowest BCUT2D eigenvalue weighted by Crippen LogP contribution is -2.12. The molecule has 1 N–H and O–H groups in total. The zero-order valence-corrected chi connectivity index (χ0v) is 11.4. The minimum absolute atomic E-state index is 0.206. The summed E-state index contributed by atoms with van der Waals surface area (Å²) in [7, 11) is 0. The first-order valence-electron chi connectivity index (χ1n) is 6.48. The van der Waals surface area contributed by atoms with Gasteiger partial charge in [-0.05, 0) is 36.7 Å². The van der Waals surface area contributed by atoms with Gasteiger partial charge in [-0.1, -0.05) is 19.1 Å². The molecule has 1 nitrogen and oxygen atoms in total. The molecule has 0 bridgehead atoms. The van der Waals surface area contributed by atoms with Gasteiger partial charge >= 0.3 is 0 Å². The maximum atomic E-state index is 13.9. The van der Waals surface area contributed by atoms with E-state index in [0.717, 1.165) is 12.6 Å². The van der Waals surface area contributed by atoms with Crippen LogP contribution in [-0.4, -0.2) is 6.54 Å². The SMILES string of the molecule is CCNCc1ccc(-c2cc(C)c(F)cc2F)cc1F. The van der Waals surface area contributed by atoms with Crippen LogP contribution in [0.2, 0.25) is 0 Å². The predicted octanol–water partition coefficient (Wildman–Crippen LogP) is 4.19. The molecule has 0 radical (unpaired) electrons. The number of hydrogen-bond acceptors (Lipinski definition) is 1. The Labute approximate surface area is 116 Å². The van der Waals surface area contributed by atoms with E-state index in [1.807, 2.05) is 6.92 Å². The van der Waals surface area contributed by atoms with Gasteiger partial charge in [0.05, 0.1) is 0 Å². The van der Waals surface area contributed by atoms with Crippen LogP contribution in [0.4, 0.5) is 13.2 Å². The number of nitrogens with one attached hydrogen (secondary N) is 1. The number of aryl methyl sites for hydroxylation is 1. The molecule has 0 atom stereocenters. The molecule has 0 spiro atoms. The molecule has 0 fully saturated rings. The van der Waals surface area contributed by atoms with Crippen LogP contribution in [0.5, 0.6) is 0 Å². The fourth-order valence-electron chi connectivity index (χ4n) is 2.00. The van der Waals surface area contributed by atoms with Gasteiger partial charge in [0.15, 0.2) is 0 Å². The summed E-state index contributed by atoms with van der Waals surface area (Å²) in [4.78, 5) is 0. The fourth-order valence-corrected chi connectivity index (χ4v) is 2.00. The second-order valence-electron chi connectivity index (χ2n) is 4.67. The minimum atomic E-state index is -0.688. The summed E-state index contributed by atoms with van der Waals surface area (Å²) >= 11 is 0. The van der Waals surface area contributed by atoms with Crippen LogP contribution in [0.1, 0.15) is 18.1 Å². The molecule has 106 valence electrons. The molecule has 0 aliphatic carbocycles. The van der Waals surface area contributed by atoms with Crippen molar-refractivity contribution in [3.63, 3.8) is 0 Å². The van der Waals surface area contributed by atoms with Gasteiger partial charge in [-0.2, -0.15) is 0 Å². The Morgan fingerprint density at radius 2 is 1.70 bits per heavy atom. The fraction of sp³-hybridized carbons (Fsp3) is 0.250. The zero-order chi connectivity index (χ0) is 14.7. The molecule has 20 heavy (non-hydrogen) atoms. The minimum Gasteiger partial charge on any atom is -0.313 e. The second kappa shape index (κ2) is 6.09. The topological polar surface area (TPSA) is 12.0 Å². The van der Waals surface area contributed by atoms with Crippen LogP contribution < -0.4 is 5.32 Å². The Morgan fingerprint density at radius 1 is 0.950 bits per heavy atom. The Bertz CT molecular complexity index is 623. The van der Waals surface area contributed by atoms with Crippen LogP contribution in [-0.2, 0) is 6.54 Å². The summed E-state index contributed by atoms with van der Waals surface area (Å²) in [5, 5.41) is 3.03. The van der Waals surface area contributed by atoms with Gasteiger partial charge in [0.2, 0.25) is 0 Å². The maximum absolute atomic E-state index is 13.9. The predicted molar refractivity (Wildman–Crippen MR) is 73.9 cm³/mol. The van der Waals surface area contributed by atoms with Crippen molar-refractivity contribution in [3.8, 4) is 11.1 Å². The van der Waals surface area contributed by atoms with E-state index in [2.05, 4.69) is 5.32 Å². The van der Waals surface area contributed by atoms with E-state index >= 15 is 0 Å². The Balaban J connectivity index is 2.39. The third-order valence-electron chi connectivity index (χ3n) is 3.18. The highest BCUT2D eigenvalue weighted by molar-refractivity contribution is 5.65. The Morgan fingerprint density at radius 3 is 2.35 bits per heavy atom. The summed E-state index contributed by atoms with van der Waals surface area (Å²) in [6.45, 7) is 4.65. The van der Waals surface area contributed by atoms with Crippen LogP contribution in [0.15, 0.2) is 30.3 Å². The van der Waals surface area contributed by atoms with Crippen molar-refractivity contribution in [2.75, 3.05) is 6.54 Å². The lowest BCUT2D eigenvalue weighted by atomic mass is 10.0. The summed E-state index contributed by atoms with van der Waals surface area (Å²) in [5.74, 6) is -1.69. The van der Waals surface area contributed by atoms with Gasteiger partial charge in [0, 0.05) is 23.7 Å². The second-order valence-corrected chi connectivity index (χ2v) is 4.67. The summed E-state index contributed by atoms with van der Waals surface area (Å²) in [6.07, 6.45) is 0. The molecule has 2 aromatic rings. The van der Waals surface area contributed by atoms with E-state index in [1.54, 1.807) is 19.1 Å². The Kier molecular flexibility index (Phi) is 4.45. The highest BCUT2D eigenvalue weighted by Gasteiger charge is 2.11. The van der Waals surface area contributed by atoms with E-state index in [0.29, 0.717) is 23.2 Å². The lowest BCUT2D eigenvalue weighted by Gasteiger charge is -2.09. The maximum Gasteiger partial charge on any atom is 0.133 e. The van der Waals surface area contributed by atoms with Gasteiger partial charge in [-0.25, -0.2) is 13.2 Å². The normalized spacial score (nSPS) is 10.8. The molecule has 0 heterocycles. The first-order chi connectivity index (χ1) is 9.52. The summed E-state index contributed by atoms with van der Waals surface area (Å²) in [5.41, 5.74) is 1.47. The van der Waals surface area contributed by atoms with Crippen LogP contribution in [0, 0.1) is 24.4 Å². The molecule has 0 saturated carbocycles. The number of rotatable bonds is 4. The van der Waals surface area contributed by atoms with E-state index in [9.17, 15) is 13.2 Å². The molecule has 0 aliphatic heterocycles. The molecule has 0 aliphatic rings. The zero-order valence-electron chi connectivity index (χ0n) is 11.4. The number of halogens is 3. The first kappa shape index (κ1) is 14.6. The number of hydrogen-bond donors (Lipinski definition) is 1. The molecule has 2 rings (SSSR count). The lowest BCUT2D eigenvalue weighted by molar-refractivity contribution is 0.579. The van der Waals surface area contributed by atoms with Crippen LogP contribution in [0.3, 0.4) is 0 Å². The van der Waals surface area contributed by atoms with E-state index in [4.69, 9.17) is 0 Å². The van der Waals surface area contributed by atoms with Gasteiger partial charge in [-0.3, -0.25) is 0 Å². The quantitative estimate of drug-likeness (QED) is 0.885. The monoisotopic (exact) mass is 279 g/mol. The van der Waals surface area contributed by atoms with Crippen LogP contribution in [0.25, 0.3) is 11.1 Å². The summed E-state index contributed by atoms with van der Waals surface area (Å²) in [6, 6.07) is 6.76. The third kappa shape index (κ3) is 3.02. The average molecular weight is 279 g/mol. The van der Waals surface area contributed by atoms with E-state index < -0.39 is 17.5 Å². The van der Waals surface area contributed by atoms with Crippen molar-refractivity contribution in [1.29, 1.82) is 0 Å². The molecule has 0 aromatic heterocycles. The van der Waals surface area contributed by atoms with Crippen molar-refractivity contribution in [2.45, 2.75) is 20.4 Å². The smallest absolute Gasteiger partial charge is 0.133 e. The largest absolute Gasteiger partial charge is 0.313 e. The molecule has 0 saturated heterocycles. The van der Waals surface area contributed by atoms with Crippen molar-refractivity contribution in [3.05, 3.63) is 58.9 Å². The Hall–Kier alpha value is -1.81.